The molecule has 0 aliphatic carbocycles. The van der Waals surface area contributed by atoms with Gasteiger partial charge in [-0.05, 0) is 6.42 Å². The Morgan fingerprint density at radius 2 is 2.39 bits per heavy atom. The number of nitrogens with one attached hydrogen (secondary N) is 1. The first-order valence-electron chi connectivity index (χ1n) is 6.23. The molecule has 100 valence electrons. The predicted molar refractivity (Wildman–Crippen MR) is 66.6 cm³/mol. The molecule has 0 bridgehead atoms. The zero-order valence-electron chi connectivity index (χ0n) is 10.8. The summed E-state index contributed by atoms with van der Waals surface area (Å²) in [7, 11) is 1.70. The smallest absolute Gasteiger partial charge is 0.234 e. The molecule has 6 nitrogen and oxygen atoms in total. The summed E-state index contributed by atoms with van der Waals surface area (Å²) >= 11 is 0. The summed E-state index contributed by atoms with van der Waals surface area (Å²) in [6.07, 6.45) is 1.67. The van der Waals surface area contributed by atoms with E-state index in [1.54, 1.807) is 11.9 Å². The number of rotatable bonds is 5. The number of amides is 2. The zero-order valence-corrected chi connectivity index (χ0v) is 10.8. The van der Waals surface area contributed by atoms with Crippen LogP contribution in [0.4, 0.5) is 0 Å². The third kappa shape index (κ3) is 5.15. The lowest BCUT2D eigenvalue weighted by Gasteiger charge is -2.20. The van der Waals surface area contributed by atoms with Gasteiger partial charge in [-0.1, -0.05) is 0 Å². The monoisotopic (exact) mass is 252 g/mol. The summed E-state index contributed by atoms with van der Waals surface area (Å²) in [5.41, 5.74) is 0. The molecule has 1 aliphatic rings. The number of hydrogen-bond acceptors (Lipinski definition) is 4. The summed E-state index contributed by atoms with van der Waals surface area (Å²) in [4.78, 5) is 26.6. The average Bonchev–Trinajstić information content (AvgIpc) is 2.57. The highest BCUT2D eigenvalue weighted by atomic mass is 16.2. The maximum absolute atomic E-state index is 11.7. The third-order valence-electron chi connectivity index (χ3n) is 2.97. The van der Waals surface area contributed by atoms with Crippen LogP contribution in [-0.2, 0) is 9.59 Å². The largest absolute Gasteiger partial charge is 0.355 e. The SMILES string of the molecule is CN(CCC#N)C(=O)CCN1CCCNC(=O)C1. The van der Waals surface area contributed by atoms with Gasteiger partial charge in [0.15, 0.2) is 0 Å². The molecule has 0 saturated carbocycles. The quantitative estimate of drug-likeness (QED) is 0.720. The van der Waals surface area contributed by atoms with Crippen LogP contribution in [0.1, 0.15) is 19.3 Å². The molecule has 1 fully saturated rings. The van der Waals surface area contributed by atoms with Gasteiger partial charge in [0, 0.05) is 39.6 Å². The number of hydrogen-bond donors (Lipinski definition) is 1. The lowest BCUT2D eigenvalue weighted by molar-refractivity contribution is -0.130. The lowest BCUT2D eigenvalue weighted by atomic mass is 10.3. The van der Waals surface area contributed by atoms with Crippen LogP contribution in [0.15, 0.2) is 0 Å². The van der Waals surface area contributed by atoms with Crippen LogP contribution in [0.3, 0.4) is 0 Å². The molecule has 0 aromatic carbocycles. The van der Waals surface area contributed by atoms with Gasteiger partial charge in [-0.2, -0.15) is 5.26 Å². The van der Waals surface area contributed by atoms with E-state index in [9.17, 15) is 9.59 Å². The minimum Gasteiger partial charge on any atom is -0.355 e. The van der Waals surface area contributed by atoms with Gasteiger partial charge in [-0.15, -0.1) is 0 Å². The molecule has 1 aliphatic heterocycles. The van der Waals surface area contributed by atoms with Crippen molar-refractivity contribution in [3.63, 3.8) is 0 Å². The Labute approximate surface area is 108 Å². The van der Waals surface area contributed by atoms with Crippen molar-refractivity contribution in [3.05, 3.63) is 0 Å². The topological polar surface area (TPSA) is 76.4 Å². The summed E-state index contributed by atoms with van der Waals surface area (Å²) in [5.74, 6) is 0.0488. The van der Waals surface area contributed by atoms with Crippen molar-refractivity contribution in [2.24, 2.45) is 0 Å². The first-order chi connectivity index (χ1) is 8.63. The van der Waals surface area contributed by atoms with E-state index in [-0.39, 0.29) is 11.8 Å². The summed E-state index contributed by atoms with van der Waals surface area (Å²) in [6.45, 7) is 2.99. The average molecular weight is 252 g/mol. The minimum absolute atomic E-state index is 0.0231. The van der Waals surface area contributed by atoms with E-state index >= 15 is 0 Å². The maximum atomic E-state index is 11.7. The van der Waals surface area contributed by atoms with Gasteiger partial charge in [0.25, 0.3) is 0 Å². The first kappa shape index (κ1) is 14.5. The fraction of sp³-hybridized carbons (Fsp3) is 0.750. The van der Waals surface area contributed by atoms with Gasteiger partial charge in [-0.25, -0.2) is 0 Å². The van der Waals surface area contributed by atoms with Crippen LogP contribution in [0, 0.1) is 11.3 Å². The van der Waals surface area contributed by atoms with E-state index in [4.69, 9.17) is 5.26 Å². The predicted octanol–water partition coefficient (Wildman–Crippen LogP) is -0.430. The molecule has 6 heteroatoms. The lowest BCUT2D eigenvalue weighted by Crippen LogP contribution is -2.36. The standard InChI is InChI=1S/C12H20N4O2/c1-15(7-2-5-13)12(18)4-9-16-8-3-6-14-11(17)10-16/h2-4,6-10H2,1H3,(H,14,17). The Kier molecular flexibility index (Phi) is 6.15. The normalized spacial score (nSPS) is 16.6. The Balaban J connectivity index is 2.28. The highest BCUT2D eigenvalue weighted by Gasteiger charge is 2.16. The van der Waals surface area contributed by atoms with Crippen LogP contribution >= 0.6 is 0 Å². The molecule has 1 rings (SSSR count). The van der Waals surface area contributed by atoms with E-state index in [1.807, 2.05) is 11.0 Å². The number of nitrogens with zero attached hydrogens (tertiary/aromatic N) is 3. The van der Waals surface area contributed by atoms with Gasteiger partial charge in [0.05, 0.1) is 19.0 Å². The number of carbonyl (C=O) groups is 2. The summed E-state index contributed by atoms with van der Waals surface area (Å²) in [6, 6.07) is 2.02. The highest BCUT2D eigenvalue weighted by molar-refractivity contribution is 5.78. The van der Waals surface area contributed by atoms with E-state index in [0.717, 1.165) is 13.0 Å². The molecule has 1 heterocycles. The van der Waals surface area contributed by atoms with Crippen molar-refractivity contribution in [2.75, 3.05) is 39.8 Å². The van der Waals surface area contributed by atoms with Gasteiger partial charge in [-0.3, -0.25) is 14.5 Å². The highest BCUT2D eigenvalue weighted by Crippen LogP contribution is 2.00. The molecule has 1 N–H and O–H groups in total. The molecule has 0 aromatic heterocycles. The van der Waals surface area contributed by atoms with Crippen molar-refractivity contribution in [1.29, 1.82) is 5.26 Å². The Bertz CT molecular complexity index is 337. The zero-order chi connectivity index (χ0) is 13.4. The fourth-order valence-electron chi connectivity index (χ4n) is 1.85. The van der Waals surface area contributed by atoms with Crippen LogP contribution in [0.2, 0.25) is 0 Å². The number of carbonyl (C=O) groups excluding carboxylic acids is 2. The molecular weight excluding hydrogens is 232 g/mol. The molecule has 0 aromatic rings. The van der Waals surface area contributed by atoms with Crippen LogP contribution in [0.5, 0.6) is 0 Å². The van der Waals surface area contributed by atoms with Gasteiger partial charge >= 0.3 is 0 Å². The van der Waals surface area contributed by atoms with Crippen LogP contribution < -0.4 is 5.32 Å². The Morgan fingerprint density at radius 1 is 1.61 bits per heavy atom. The molecule has 0 radical (unpaired) electrons. The molecule has 0 unspecified atom stereocenters. The second-order valence-corrected chi connectivity index (χ2v) is 4.45. The molecule has 18 heavy (non-hydrogen) atoms. The van der Waals surface area contributed by atoms with Crippen molar-refractivity contribution >= 4 is 11.8 Å². The molecule has 0 atom stereocenters. The minimum atomic E-state index is 0.0231. The van der Waals surface area contributed by atoms with E-state index < -0.39 is 0 Å². The van der Waals surface area contributed by atoms with E-state index in [0.29, 0.717) is 39.0 Å². The van der Waals surface area contributed by atoms with Crippen molar-refractivity contribution in [1.82, 2.24) is 15.1 Å². The molecule has 1 saturated heterocycles. The number of nitriles is 1. The second-order valence-electron chi connectivity index (χ2n) is 4.45. The van der Waals surface area contributed by atoms with E-state index in [2.05, 4.69) is 5.32 Å². The van der Waals surface area contributed by atoms with Crippen molar-refractivity contribution in [3.8, 4) is 6.07 Å². The molecule has 0 spiro atoms. The molecular formula is C12H20N4O2. The maximum Gasteiger partial charge on any atom is 0.234 e. The van der Waals surface area contributed by atoms with E-state index in [1.165, 1.54) is 0 Å². The van der Waals surface area contributed by atoms with Gasteiger partial charge in [0.2, 0.25) is 11.8 Å². The summed E-state index contributed by atoms with van der Waals surface area (Å²) in [5, 5.41) is 11.3. The van der Waals surface area contributed by atoms with Crippen molar-refractivity contribution < 1.29 is 9.59 Å². The fourth-order valence-corrected chi connectivity index (χ4v) is 1.85. The molecule has 2 amide bonds. The third-order valence-corrected chi connectivity index (χ3v) is 2.97. The second kappa shape index (κ2) is 7.67. The Morgan fingerprint density at radius 3 is 3.11 bits per heavy atom. The Hall–Kier alpha value is -1.61. The van der Waals surface area contributed by atoms with Gasteiger partial charge in [0.1, 0.15) is 0 Å². The summed E-state index contributed by atoms with van der Waals surface area (Å²) < 4.78 is 0. The van der Waals surface area contributed by atoms with Crippen LogP contribution in [0.25, 0.3) is 0 Å². The van der Waals surface area contributed by atoms with Crippen molar-refractivity contribution in [2.45, 2.75) is 19.3 Å². The first-order valence-corrected chi connectivity index (χ1v) is 6.23. The van der Waals surface area contributed by atoms with Gasteiger partial charge < -0.3 is 10.2 Å². The van der Waals surface area contributed by atoms with Crippen LogP contribution in [-0.4, -0.2) is 61.4 Å².